The van der Waals surface area contributed by atoms with Gasteiger partial charge in [-0.1, -0.05) is 0 Å². The molecule has 0 spiro atoms. The number of anilines is 2. The van der Waals surface area contributed by atoms with Crippen molar-refractivity contribution >= 4 is 17.4 Å². The van der Waals surface area contributed by atoms with Gasteiger partial charge in [-0.05, 0) is 25.0 Å². The third kappa shape index (κ3) is 1.44. The van der Waals surface area contributed by atoms with Gasteiger partial charge in [0.15, 0.2) is 0 Å². The minimum atomic E-state index is -0.00342. The minimum absolute atomic E-state index is 0.00342. The fourth-order valence-corrected chi connectivity index (χ4v) is 2.45. The summed E-state index contributed by atoms with van der Waals surface area (Å²) in [5, 5.41) is 3.31. The Morgan fingerprint density at radius 3 is 3.06 bits per heavy atom. The largest absolute Gasteiger partial charge is 0.384 e. The molecule has 5 heteroatoms. The molecule has 3 heterocycles. The summed E-state index contributed by atoms with van der Waals surface area (Å²) in [6.07, 6.45) is 3.69. The number of pyridine rings is 1. The molecule has 1 aromatic heterocycles. The second kappa shape index (κ2) is 3.45. The van der Waals surface area contributed by atoms with E-state index in [1.807, 2.05) is 11.0 Å². The van der Waals surface area contributed by atoms with E-state index in [4.69, 9.17) is 5.73 Å². The van der Waals surface area contributed by atoms with Crippen molar-refractivity contribution < 1.29 is 4.79 Å². The summed E-state index contributed by atoms with van der Waals surface area (Å²) >= 11 is 0. The number of nitrogens with zero attached hydrogens (tertiary/aromatic N) is 2. The molecular formula is C11H14N4O. The summed E-state index contributed by atoms with van der Waals surface area (Å²) in [6.45, 7) is 0.737. The van der Waals surface area contributed by atoms with Crippen molar-refractivity contribution in [2.75, 3.05) is 17.2 Å². The summed E-state index contributed by atoms with van der Waals surface area (Å²) in [5.74, 6) is 0.634. The number of rotatable bonds is 1. The molecule has 2 unspecified atom stereocenters. The monoisotopic (exact) mass is 218 g/mol. The maximum atomic E-state index is 12.1. The van der Waals surface area contributed by atoms with E-state index >= 15 is 0 Å². The highest BCUT2D eigenvalue weighted by Crippen LogP contribution is 2.25. The van der Waals surface area contributed by atoms with Gasteiger partial charge in [0.05, 0.1) is 17.9 Å². The van der Waals surface area contributed by atoms with Gasteiger partial charge in [0.25, 0.3) is 0 Å². The summed E-state index contributed by atoms with van der Waals surface area (Å²) in [6, 6.07) is 4.01. The third-order valence-electron chi connectivity index (χ3n) is 3.29. The van der Waals surface area contributed by atoms with Gasteiger partial charge >= 0.3 is 0 Å². The van der Waals surface area contributed by atoms with Crippen molar-refractivity contribution in [1.82, 2.24) is 10.3 Å². The lowest BCUT2D eigenvalue weighted by molar-refractivity contribution is -0.121. The van der Waals surface area contributed by atoms with Gasteiger partial charge in [-0.15, -0.1) is 0 Å². The molecule has 3 rings (SSSR count). The van der Waals surface area contributed by atoms with Crippen LogP contribution in [0.3, 0.4) is 0 Å². The Kier molecular flexibility index (Phi) is 2.07. The lowest BCUT2D eigenvalue weighted by Gasteiger charge is -2.32. The maximum absolute atomic E-state index is 12.1. The summed E-state index contributed by atoms with van der Waals surface area (Å²) in [7, 11) is 0. The highest BCUT2D eigenvalue weighted by atomic mass is 16.2. The fourth-order valence-electron chi connectivity index (χ4n) is 2.45. The zero-order valence-corrected chi connectivity index (χ0v) is 8.89. The van der Waals surface area contributed by atoms with E-state index in [-0.39, 0.29) is 11.9 Å². The molecule has 0 aromatic carbocycles. The molecule has 2 fully saturated rings. The van der Waals surface area contributed by atoms with Gasteiger partial charge in [-0.2, -0.15) is 0 Å². The van der Waals surface area contributed by atoms with E-state index in [1.165, 1.54) is 0 Å². The quantitative estimate of drug-likeness (QED) is 0.703. The SMILES string of the molecule is Nc1ccc(N2CC3CCC(N3)C2=O)cn1. The minimum Gasteiger partial charge on any atom is -0.384 e. The van der Waals surface area contributed by atoms with Crippen LogP contribution >= 0.6 is 0 Å². The third-order valence-corrected chi connectivity index (χ3v) is 3.29. The number of aromatic nitrogens is 1. The van der Waals surface area contributed by atoms with Crippen molar-refractivity contribution in [3.05, 3.63) is 18.3 Å². The Morgan fingerprint density at radius 2 is 2.31 bits per heavy atom. The Labute approximate surface area is 93.6 Å². The van der Waals surface area contributed by atoms with Crippen molar-refractivity contribution in [3.8, 4) is 0 Å². The first-order chi connectivity index (χ1) is 7.74. The van der Waals surface area contributed by atoms with E-state index in [0.29, 0.717) is 11.9 Å². The maximum Gasteiger partial charge on any atom is 0.244 e. The van der Waals surface area contributed by atoms with E-state index < -0.39 is 0 Å². The Bertz CT molecular complexity index is 416. The van der Waals surface area contributed by atoms with Gasteiger partial charge in [0.2, 0.25) is 5.91 Å². The highest BCUT2D eigenvalue weighted by molar-refractivity contribution is 5.98. The molecular weight excluding hydrogens is 204 g/mol. The van der Waals surface area contributed by atoms with Crippen LogP contribution in [0, 0.1) is 0 Å². The molecule has 16 heavy (non-hydrogen) atoms. The molecule has 0 radical (unpaired) electrons. The first-order valence-corrected chi connectivity index (χ1v) is 5.53. The van der Waals surface area contributed by atoms with Gasteiger partial charge in [0, 0.05) is 12.6 Å². The molecule has 0 saturated carbocycles. The Morgan fingerprint density at radius 1 is 1.44 bits per heavy atom. The zero-order chi connectivity index (χ0) is 11.1. The van der Waals surface area contributed by atoms with Gasteiger partial charge in [-0.3, -0.25) is 4.79 Å². The standard InChI is InChI=1S/C11H14N4O/c12-10-4-2-8(5-13-10)15-6-7-1-3-9(14-7)11(15)16/h2,4-5,7,9,14H,1,3,6H2,(H2,12,13). The summed E-state index contributed by atoms with van der Waals surface area (Å²) < 4.78 is 0. The molecule has 2 bridgehead atoms. The van der Waals surface area contributed by atoms with E-state index in [0.717, 1.165) is 25.1 Å². The van der Waals surface area contributed by atoms with E-state index in [9.17, 15) is 4.79 Å². The van der Waals surface area contributed by atoms with Crippen molar-refractivity contribution in [2.45, 2.75) is 24.9 Å². The number of carbonyl (C=O) groups excluding carboxylic acids is 1. The van der Waals surface area contributed by atoms with E-state index in [2.05, 4.69) is 10.3 Å². The molecule has 5 nitrogen and oxygen atoms in total. The fraction of sp³-hybridized carbons (Fsp3) is 0.455. The van der Waals surface area contributed by atoms with E-state index in [1.54, 1.807) is 12.3 Å². The first kappa shape index (κ1) is 9.59. The van der Waals surface area contributed by atoms with Crippen LogP contribution in [0.2, 0.25) is 0 Å². The lowest BCUT2D eigenvalue weighted by Crippen LogP contribution is -2.55. The number of hydrogen-bond acceptors (Lipinski definition) is 4. The molecule has 2 aliphatic heterocycles. The predicted octanol–water partition coefficient (Wildman–Crippen LogP) is 0.131. The molecule has 2 atom stereocenters. The number of nitrogen functional groups attached to an aromatic ring is 1. The normalized spacial score (nSPS) is 28.5. The highest BCUT2D eigenvalue weighted by Gasteiger charge is 2.39. The number of amides is 1. The number of carbonyl (C=O) groups is 1. The Balaban J connectivity index is 1.89. The molecule has 0 aliphatic carbocycles. The zero-order valence-electron chi connectivity index (χ0n) is 8.89. The van der Waals surface area contributed by atoms with Gasteiger partial charge in [-0.25, -0.2) is 4.98 Å². The second-order valence-electron chi connectivity index (χ2n) is 4.38. The first-order valence-electron chi connectivity index (χ1n) is 5.53. The van der Waals surface area contributed by atoms with Gasteiger partial charge < -0.3 is 16.0 Å². The summed E-state index contributed by atoms with van der Waals surface area (Å²) in [5.41, 5.74) is 6.38. The average molecular weight is 218 g/mol. The van der Waals surface area contributed by atoms with Gasteiger partial charge in [0.1, 0.15) is 5.82 Å². The number of piperazine rings is 1. The predicted molar refractivity (Wildman–Crippen MR) is 60.9 cm³/mol. The molecule has 1 aromatic rings. The van der Waals surface area contributed by atoms with Crippen LogP contribution in [0.1, 0.15) is 12.8 Å². The Hall–Kier alpha value is -1.62. The molecule has 2 saturated heterocycles. The van der Waals surface area contributed by atoms with Crippen molar-refractivity contribution in [2.24, 2.45) is 0 Å². The van der Waals surface area contributed by atoms with Crippen LogP contribution in [-0.2, 0) is 4.79 Å². The summed E-state index contributed by atoms with van der Waals surface area (Å²) in [4.78, 5) is 17.9. The number of nitrogens with two attached hydrogens (primary N) is 1. The van der Waals surface area contributed by atoms with Crippen LogP contribution in [0.5, 0.6) is 0 Å². The number of nitrogens with one attached hydrogen (secondary N) is 1. The number of fused-ring (bicyclic) bond motifs is 2. The van der Waals surface area contributed by atoms with Crippen LogP contribution < -0.4 is 16.0 Å². The van der Waals surface area contributed by atoms with Crippen molar-refractivity contribution in [3.63, 3.8) is 0 Å². The number of hydrogen-bond donors (Lipinski definition) is 2. The molecule has 1 amide bonds. The van der Waals surface area contributed by atoms with Crippen LogP contribution in [0.4, 0.5) is 11.5 Å². The molecule has 2 aliphatic rings. The second-order valence-corrected chi connectivity index (χ2v) is 4.38. The van der Waals surface area contributed by atoms with Crippen molar-refractivity contribution in [1.29, 1.82) is 0 Å². The molecule has 3 N–H and O–H groups in total. The van der Waals surface area contributed by atoms with Crippen LogP contribution in [-0.4, -0.2) is 29.5 Å². The van der Waals surface area contributed by atoms with Crippen LogP contribution in [0.25, 0.3) is 0 Å². The van der Waals surface area contributed by atoms with Crippen LogP contribution in [0.15, 0.2) is 18.3 Å². The average Bonchev–Trinajstić information content (AvgIpc) is 2.69. The lowest BCUT2D eigenvalue weighted by atomic mass is 10.2. The topological polar surface area (TPSA) is 71.2 Å². The smallest absolute Gasteiger partial charge is 0.244 e. The molecule has 84 valence electrons.